The van der Waals surface area contributed by atoms with Gasteiger partial charge in [0, 0.05) is 18.7 Å². The molecule has 14 heavy (non-hydrogen) atoms. The van der Waals surface area contributed by atoms with E-state index in [4.69, 9.17) is 5.11 Å². The fraction of sp³-hybridized carbons (Fsp3) is 0.364. The van der Waals surface area contributed by atoms with E-state index in [-0.39, 0.29) is 11.7 Å². The summed E-state index contributed by atoms with van der Waals surface area (Å²) in [5, 5.41) is 9.08. The standard InChI is InChI=1S/C11H13NO2/c13-10-5-3-9(4-6-10)11(14)12-7-1-2-8-12/h3-6,13H,1-2,7-8H2. The Morgan fingerprint density at radius 1 is 1.14 bits per heavy atom. The molecule has 1 amide bonds. The average molecular weight is 191 g/mol. The molecule has 74 valence electrons. The third-order valence-electron chi connectivity index (χ3n) is 2.51. The highest BCUT2D eigenvalue weighted by molar-refractivity contribution is 5.94. The maximum absolute atomic E-state index is 11.8. The van der Waals surface area contributed by atoms with Gasteiger partial charge in [-0.2, -0.15) is 0 Å². The zero-order valence-electron chi connectivity index (χ0n) is 7.94. The fourth-order valence-corrected chi connectivity index (χ4v) is 1.71. The maximum Gasteiger partial charge on any atom is 0.253 e. The van der Waals surface area contributed by atoms with Crippen LogP contribution in [-0.2, 0) is 0 Å². The molecule has 1 saturated heterocycles. The highest BCUT2D eigenvalue weighted by Gasteiger charge is 2.18. The van der Waals surface area contributed by atoms with E-state index in [1.165, 1.54) is 0 Å². The van der Waals surface area contributed by atoms with Gasteiger partial charge in [0.25, 0.3) is 5.91 Å². The van der Waals surface area contributed by atoms with Gasteiger partial charge in [0.2, 0.25) is 0 Å². The van der Waals surface area contributed by atoms with Crippen molar-refractivity contribution in [2.45, 2.75) is 12.8 Å². The molecule has 0 bridgehead atoms. The van der Waals surface area contributed by atoms with E-state index in [1.807, 2.05) is 4.90 Å². The molecule has 1 aliphatic rings. The van der Waals surface area contributed by atoms with Crippen LogP contribution in [0.3, 0.4) is 0 Å². The van der Waals surface area contributed by atoms with Gasteiger partial charge in [-0.3, -0.25) is 4.79 Å². The van der Waals surface area contributed by atoms with Gasteiger partial charge in [-0.25, -0.2) is 0 Å². The van der Waals surface area contributed by atoms with Gasteiger partial charge in [-0.05, 0) is 37.1 Å². The summed E-state index contributed by atoms with van der Waals surface area (Å²) in [4.78, 5) is 13.7. The van der Waals surface area contributed by atoms with Crippen LogP contribution in [0, 0.1) is 0 Å². The third-order valence-corrected chi connectivity index (χ3v) is 2.51. The molecular weight excluding hydrogens is 178 g/mol. The van der Waals surface area contributed by atoms with Crippen molar-refractivity contribution in [3.63, 3.8) is 0 Å². The van der Waals surface area contributed by atoms with E-state index in [2.05, 4.69) is 0 Å². The number of aromatic hydroxyl groups is 1. The van der Waals surface area contributed by atoms with Gasteiger partial charge in [-0.1, -0.05) is 0 Å². The highest BCUT2D eigenvalue weighted by atomic mass is 16.3. The molecule has 0 aliphatic carbocycles. The predicted molar refractivity (Wildman–Crippen MR) is 53.2 cm³/mol. The molecule has 1 aromatic rings. The van der Waals surface area contributed by atoms with E-state index < -0.39 is 0 Å². The molecule has 1 fully saturated rings. The summed E-state index contributed by atoms with van der Waals surface area (Å²) < 4.78 is 0. The molecule has 2 rings (SSSR count). The first-order valence-corrected chi connectivity index (χ1v) is 4.86. The number of hydrogen-bond acceptors (Lipinski definition) is 2. The Morgan fingerprint density at radius 3 is 2.29 bits per heavy atom. The third kappa shape index (κ3) is 1.71. The van der Waals surface area contributed by atoms with Crippen molar-refractivity contribution in [3.8, 4) is 5.75 Å². The summed E-state index contributed by atoms with van der Waals surface area (Å²) in [5.41, 5.74) is 0.657. The minimum atomic E-state index is 0.0718. The van der Waals surface area contributed by atoms with Crippen LogP contribution in [-0.4, -0.2) is 29.0 Å². The van der Waals surface area contributed by atoms with E-state index in [9.17, 15) is 4.79 Å². The van der Waals surface area contributed by atoms with E-state index in [0.29, 0.717) is 5.56 Å². The number of carbonyl (C=O) groups excluding carboxylic acids is 1. The van der Waals surface area contributed by atoms with Crippen molar-refractivity contribution < 1.29 is 9.90 Å². The maximum atomic E-state index is 11.8. The topological polar surface area (TPSA) is 40.5 Å². The summed E-state index contributed by atoms with van der Waals surface area (Å²) in [5.74, 6) is 0.269. The van der Waals surface area contributed by atoms with E-state index in [0.717, 1.165) is 25.9 Å². The molecule has 1 aliphatic heterocycles. The summed E-state index contributed by atoms with van der Waals surface area (Å²) in [7, 11) is 0. The molecule has 0 spiro atoms. The number of benzene rings is 1. The molecule has 0 aromatic heterocycles. The van der Waals surface area contributed by atoms with Gasteiger partial charge in [-0.15, -0.1) is 0 Å². The second-order valence-electron chi connectivity index (χ2n) is 3.55. The van der Waals surface area contributed by atoms with Crippen LogP contribution in [0.25, 0.3) is 0 Å². The van der Waals surface area contributed by atoms with Crippen molar-refractivity contribution >= 4 is 5.91 Å². The average Bonchev–Trinajstić information content (AvgIpc) is 2.71. The number of rotatable bonds is 1. The monoisotopic (exact) mass is 191 g/mol. The smallest absolute Gasteiger partial charge is 0.253 e. The quantitative estimate of drug-likeness (QED) is 0.732. The summed E-state index contributed by atoms with van der Waals surface area (Å²) in [6.07, 6.45) is 2.20. The molecule has 0 unspecified atom stereocenters. The van der Waals surface area contributed by atoms with Crippen LogP contribution in [0.15, 0.2) is 24.3 Å². The second-order valence-corrected chi connectivity index (χ2v) is 3.55. The molecule has 1 heterocycles. The Kier molecular flexibility index (Phi) is 2.39. The number of hydrogen-bond donors (Lipinski definition) is 1. The summed E-state index contributed by atoms with van der Waals surface area (Å²) in [6.45, 7) is 1.72. The molecule has 1 N–H and O–H groups in total. The van der Waals surface area contributed by atoms with Gasteiger partial charge in [0.1, 0.15) is 5.75 Å². The molecule has 0 saturated carbocycles. The number of likely N-dealkylation sites (tertiary alicyclic amines) is 1. The van der Waals surface area contributed by atoms with Gasteiger partial charge >= 0.3 is 0 Å². The van der Waals surface area contributed by atoms with Crippen LogP contribution in [0.2, 0.25) is 0 Å². The fourth-order valence-electron chi connectivity index (χ4n) is 1.71. The Balaban J connectivity index is 2.14. The number of amides is 1. The Morgan fingerprint density at radius 2 is 1.71 bits per heavy atom. The minimum absolute atomic E-state index is 0.0718. The van der Waals surface area contributed by atoms with E-state index >= 15 is 0 Å². The molecule has 0 radical (unpaired) electrons. The van der Waals surface area contributed by atoms with Crippen molar-refractivity contribution in [2.75, 3.05) is 13.1 Å². The van der Waals surface area contributed by atoms with Crippen molar-refractivity contribution in [2.24, 2.45) is 0 Å². The van der Waals surface area contributed by atoms with Crippen molar-refractivity contribution in [3.05, 3.63) is 29.8 Å². The van der Waals surface area contributed by atoms with Gasteiger partial charge < -0.3 is 10.0 Å². The molecule has 3 heteroatoms. The first-order valence-electron chi connectivity index (χ1n) is 4.86. The largest absolute Gasteiger partial charge is 0.508 e. The summed E-state index contributed by atoms with van der Waals surface area (Å²) >= 11 is 0. The number of carbonyl (C=O) groups is 1. The Labute approximate surface area is 83.0 Å². The van der Waals surface area contributed by atoms with Crippen LogP contribution in [0.4, 0.5) is 0 Å². The lowest BCUT2D eigenvalue weighted by Crippen LogP contribution is -2.27. The first kappa shape index (κ1) is 9.06. The Bertz CT molecular complexity index is 326. The first-order chi connectivity index (χ1) is 6.77. The second kappa shape index (κ2) is 3.70. The predicted octanol–water partition coefficient (Wildman–Crippen LogP) is 1.63. The lowest BCUT2D eigenvalue weighted by Gasteiger charge is -2.14. The SMILES string of the molecule is O=C(c1ccc(O)cc1)N1CCCC1. The Hall–Kier alpha value is -1.51. The zero-order valence-corrected chi connectivity index (χ0v) is 7.94. The van der Waals surface area contributed by atoms with Crippen molar-refractivity contribution in [1.29, 1.82) is 0 Å². The zero-order chi connectivity index (χ0) is 9.97. The van der Waals surface area contributed by atoms with Crippen molar-refractivity contribution in [1.82, 2.24) is 4.90 Å². The number of phenolic OH excluding ortho intramolecular Hbond substituents is 1. The minimum Gasteiger partial charge on any atom is -0.508 e. The number of phenols is 1. The molecule has 3 nitrogen and oxygen atoms in total. The lowest BCUT2D eigenvalue weighted by atomic mass is 10.2. The molecule has 1 aromatic carbocycles. The summed E-state index contributed by atoms with van der Waals surface area (Å²) in [6, 6.07) is 6.42. The van der Waals surface area contributed by atoms with Crippen LogP contribution in [0.1, 0.15) is 23.2 Å². The molecular formula is C11H13NO2. The van der Waals surface area contributed by atoms with Crippen LogP contribution < -0.4 is 0 Å². The lowest BCUT2D eigenvalue weighted by molar-refractivity contribution is 0.0793. The van der Waals surface area contributed by atoms with Crippen LogP contribution >= 0.6 is 0 Å². The van der Waals surface area contributed by atoms with E-state index in [1.54, 1.807) is 24.3 Å². The van der Waals surface area contributed by atoms with Crippen LogP contribution in [0.5, 0.6) is 5.75 Å². The highest BCUT2D eigenvalue weighted by Crippen LogP contribution is 2.15. The van der Waals surface area contributed by atoms with Gasteiger partial charge in [0.15, 0.2) is 0 Å². The normalized spacial score (nSPS) is 15.9. The number of nitrogens with zero attached hydrogens (tertiary/aromatic N) is 1. The molecule has 0 atom stereocenters. The van der Waals surface area contributed by atoms with Gasteiger partial charge in [0.05, 0.1) is 0 Å².